The molecular weight excluding hydrogens is 234 g/mol. The van der Waals surface area contributed by atoms with Gasteiger partial charge in [0.25, 0.3) is 0 Å². The Kier molecular flexibility index (Phi) is 3.03. The van der Waals surface area contributed by atoms with Crippen molar-refractivity contribution < 1.29 is 0 Å². The van der Waals surface area contributed by atoms with Gasteiger partial charge in [-0.2, -0.15) is 0 Å². The normalized spacial score (nSPS) is 18.7. The molecule has 3 nitrogen and oxygen atoms in total. The zero-order chi connectivity index (χ0) is 13.5. The molecule has 1 aromatic carbocycles. The molecule has 19 heavy (non-hydrogen) atoms. The van der Waals surface area contributed by atoms with E-state index in [1.165, 1.54) is 10.9 Å². The van der Waals surface area contributed by atoms with E-state index < -0.39 is 0 Å². The molecule has 0 amide bonds. The molecule has 0 bridgehead atoms. The van der Waals surface area contributed by atoms with E-state index in [0.29, 0.717) is 5.92 Å². The van der Waals surface area contributed by atoms with E-state index in [-0.39, 0.29) is 5.54 Å². The first-order chi connectivity index (χ1) is 9.07. The minimum Gasteiger partial charge on any atom is -0.323 e. The summed E-state index contributed by atoms with van der Waals surface area (Å²) in [6.45, 7) is 7.39. The van der Waals surface area contributed by atoms with Gasteiger partial charge < -0.3 is 5.73 Å². The molecule has 2 heterocycles. The lowest BCUT2D eigenvalue weighted by molar-refractivity contribution is 0.0314. The maximum Gasteiger partial charge on any atom is 0.0702 e. The van der Waals surface area contributed by atoms with Crippen molar-refractivity contribution in [3.05, 3.63) is 42.1 Å². The highest BCUT2D eigenvalue weighted by Gasteiger charge is 2.41. The molecule has 1 aliphatic rings. The van der Waals surface area contributed by atoms with Crippen LogP contribution in [0.4, 0.5) is 0 Å². The molecule has 0 aliphatic carbocycles. The van der Waals surface area contributed by atoms with Gasteiger partial charge >= 0.3 is 0 Å². The van der Waals surface area contributed by atoms with Gasteiger partial charge in [0.2, 0.25) is 0 Å². The predicted molar refractivity (Wildman–Crippen MR) is 78.8 cm³/mol. The molecule has 0 spiro atoms. The lowest BCUT2D eigenvalue weighted by Gasteiger charge is -2.50. The topological polar surface area (TPSA) is 42.1 Å². The lowest BCUT2D eigenvalue weighted by Crippen LogP contribution is -2.69. The Hall–Kier alpha value is -1.45. The number of fused-ring (bicyclic) bond motifs is 1. The van der Waals surface area contributed by atoms with Gasteiger partial charge in [-0.05, 0) is 29.7 Å². The SMILES string of the molecule is CC(C)C1(N)CN(Cc2ccc3ncccc3c2)C1. The van der Waals surface area contributed by atoms with Crippen LogP contribution in [0.15, 0.2) is 36.5 Å². The zero-order valence-corrected chi connectivity index (χ0v) is 11.6. The summed E-state index contributed by atoms with van der Waals surface area (Å²) in [4.78, 5) is 6.76. The molecule has 0 saturated carbocycles. The van der Waals surface area contributed by atoms with Crippen LogP contribution in [0, 0.1) is 5.92 Å². The highest BCUT2D eigenvalue weighted by Crippen LogP contribution is 2.27. The van der Waals surface area contributed by atoms with E-state index in [2.05, 4.69) is 48.0 Å². The Balaban J connectivity index is 1.70. The number of benzene rings is 1. The van der Waals surface area contributed by atoms with Gasteiger partial charge in [-0.15, -0.1) is 0 Å². The monoisotopic (exact) mass is 255 g/mol. The third kappa shape index (κ3) is 2.36. The minimum atomic E-state index is 0.0123. The number of likely N-dealkylation sites (tertiary alicyclic amines) is 1. The summed E-state index contributed by atoms with van der Waals surface area (Å²) < 4.78 is 0. The van der Waals surface area contributed by atoms with Crippen LogP contribution in [0.3, 0.4) is 0 Å². The van der Waals surface area contributed by atoms with Crippen LogP contribution in [0.1, 0.15) is 19.4 Å². The number of hydrogen-bond donors (Lipinski definition) is 1. The number of rotatable bonds is 3. The molecule has 1 fully saturated rings. The maximum atomic E-state index is 6.33. The summed E-state index contributed by atoms with van der Waals surface area (Å²) >= 11 is 0. The first-order valence-electron chi connectivity index (χ1n) is 6.92. The molecule has 1 saturated heterocycles. The quantitative estimate of drug-likeness (QED) is 0.915. The summed E-state index contributed by atoms with van der Waals surface area (Å²) in [7, 11) is 0. The Morgan fingerprint density at radius 2 is 2.11 bits per heavy atom. The van der Waals surface area contributed by atoms with Crippen molar-refractivity contribution in [2.45, 2.75) is 25.9 Å². The van der Waals surface area contributed by atoms with Gasteiger partial charge in [0.15, 0.2) is 0 Å². The molecule has 2 N–H and O–H groups in total. The zero-order valence-electron chi connectivity index (χ0n) is 11.6. The molecule has 3 heteroatoms. The second-order valence-corrected chi connectivity index (χ2v) is 6.06. The second kappa shape index (κ2) is 4.58. The molecule has 0 radical (unpaired) electrons. The van der Waals surface area contributed by atoms with Crippen molar-refractivity contribution in [3.8, 4) is 0 Å². The summed E-state index contributed by atoms with van der Waals surface area (Å²) in [5.41, 5.74) is 8.74. The molecule has 1 aliphatic heterocycles. The Morgan fingerprint density at radius 3 is 2.84 bits per heavy atom. The average molecular weight is 255 g/mol. The summed E-state index contributed by atoms with van der Waals surface area (Å²) in [6, 6.07) is 10.6. The van der Waals surface area contributed by atoms with E-state index in [9.17, 15) is 0 Å². The molecule has 100 valence electrons. The number of nitrogens with two attached hydrogens (primary N) is 1. The highest BCUT2D eigenvalue weighted by atomic mass is 15.2. The predicted octanol–water partition coefficient (Wildman–Crippen LogP) is 2.40. The van der Waals surface area contributed by atoms with Crippen LogP contribution in [0.5, 0.6) is 0 Å². The van der Waals surface area contributed by atoms with Crippen LogP contribution in [0.25, 0.3) is 10.9 Å². The second-order valence-electron chi connectivity index (χ2n) is 6.06. The van der Waals surface area contributed by atoms with Crippen LogP contribution in [-0.2, 0) is 6.54 Å². The number of nitrogens with zero attached hydrogens (tertiary/aromatic N) is 2. The molecule has 3 rings (SSSR count). The summed E-state index contributed by atoms with van der Waals surface area (Å²) in [6.07, 6.45) is 1.84. The number of aromatic nitrogens is 1. The third-order valence-electron chi connectivity index (χ3n) is 4.26. The van der Waals surface area contributed by atoms with Crippen molar-refractivity contribution in [2.24, 2.45) is 11.7 Å². The fraction of sp³-hybridized carbons (Fsp3) is 0.438. The van der Waals surface area contributed by atoms with E-state index in [0.717, 1.165) is 25.2 Å². The third-order valence-corrected chi connectivity index (χ3v) is 4.26. The van der Waals surface area contributed by atoms with Gasteiger partial charge in [0, 0.05) is 36.8 Å². The fourth-order valence-corrected chi connectivity index (χ4v) is 2.74. The van der Waals surface area contributed by atoms with E-state index in [4.69, 9.17) is 5.73 Å². The standard InChI is InChI=1S/C16H21N3/c1-12(2)16(17)10-19(11-16)9-13-5-6-15-14(8-13)4-3-7-18-15/h3-8,12H,9-11,17H2,1-2H3. The average Bonchev–Trinajstić information content (AvgIpc) is 2.36. The largest absolute Gasteiger partial charge is 0.323 e. The molecule has 1 aromatic heterocycles. The van der Waals surface area contributed by atoms with Crippen LogP contribution in [0.2, 0.25) is 0 Å². The Labute approximate surface area is 114 Å². The van der Waals surface area contributed by atoms with Gasteiger partial charge in [0.1, 0.15) is 0 Å². The van der Waals surface area contributed by atoms with E-state index in [1.807, 2.05) is 12.3 Å². The van der Waals surface area contributed by atoms with Crippen molar-refractivity contribution in [1.29, 1.82) is 0 Å². The van der Waals surface area contributed by atoms with Crippen molar-refractivity contribution in [3.63, 3.8) is 0 Å². The van der Waals surface area contributed by atoms with Crippen LogP contribution < -0.4 is 5.73 Å². The van der Waals surface area contributed by atoms with Gasteiger partial charge in [-0.1, -0.05) is 26.0 Å². The number of pyridine rings is 1. The minimum absolute atomic E-state index is 0.0123. The summed E-state index contributed by atoms with van der Waals surface area (Å²) in [5, 5.41) is 1.21. The first-order valence-corrected chi connectivity index (χ1v) is 6.92. The van der Waals surface area contributed by atoms with Gasteiger partial charge in [-0.25, -0.2) is 0 Å². The highest BCUT2D eigenvalue weighted by molar-refractivity contribution is 5.78. The van der Waals surface area contributed by atoms with Crippen LogP contribution in [-0.4, -0.2) is 28.5 Å². The Morgan fingerprint density at radius 1 is 1.32 bits per heavy atom. The van der Waals surface area contributed by atoms with Crippen LogP contribution >= 0.6 is 0 Å². The number of hydrogen-bond acceptors (Lipinski definition) is 3. The molecule has 0 atom stereocenters. The lowest BCUT2D eigenvalue weighted by atomic mass is 9.80. The molecule has 2 aromatic rings. The van der Waals surface area contributed by atoms with E-state index >= 15 is 0 Å². The van der Waals surface area contributed by atoms with E-state index in [1.54, 1.807) is 0 Å². The van der Waals surface area contributed by atoms with Crippen molar-refractivity contribution in [2.75, 3.05) is 13.1 Å². The van der Waals surface area contributed by atoms with Gasteiger partial charge in [-0.3, -0.25) is 9.88 Å². The Bertz CT molecular complexity index is 585. The van der Waals surface area contributed by atoms with Gasteiger partial charge in [0.05, 0.1) is 5.52 Å². The first kappa shape index (κ1) is 12.6. The fourth-order valence-electron chi connectivity index (χ4n) is 2.74. The maximum absolute atomic E-state index is 6.33. The van der Waals surface area contributed by atoms with Crippen molar-refractivity contribution in [1.82, 2.24) is 9.88 Å². The van der Waals surface area contributed by atoms with Crippen molar-refractivity contribution >= 4 is 10.9 Å². The summed E-state index contributed by atoms with van der Waals surface area (Å²) in [5.74, 6) is 0.546. The smallest absolute Gasteiger partial charge is 0.0702 e. The molecular formula is C16H21N3. The molecule has 0 unspecified atom stereocenters.